The minimum absolute atomic E-state index is 0.0882. The minimum atomic E-state index is -3.22. The predicted molar refractivity (Wildman–Crippen MR) is 96.2 cm³/mol. The summed E-state index contributed by atoms with van der Waals surface area (Å²) in [4.78, 5) is 24.3. The molecule has 0 aliphatic carbocycles. The van der Waals surface area contributed by atoms with Gasteiger partial charge < -0.3 is 9.88 Å². The summed E-state index contributed by atoms with van der Waals surface area (Å²) in [6, 6.07) is 5.69. The number of aromatic nitrogens is 1. The standard InChI is InChI=1S/C18H18F2N2O4S/c19-14-4-3-12(16(20)8-14)9-22-10-15(5-6-17(22)23)21-18(24)13-2-1-7-27(25,26)11-13/h3-6,8,10,13H,1-2,7,9,11H2,(H,21,24). The summed E-state index contributed by atoms with van der Waals surface area (Å²) in [6.45, 7) is -0.132. The van der Waals surface area contributed by atoms with Gasteiger partial charge in [-0.15, -0.1) is 0 Å². The van der Waals surface area contributed by atoms with Crippen LogP contribution in [0, 0.1) is 17.6 Å². The molecule has 0 radical (unpaired) electrons. The number of nitrogens with zero attached hydrogens (tertiary/aromatic N) is 1. The van der Waals surface area contributed by atoms with Crippen molar-refractivity contribution in [3.8, 4) is 0 Å². The van der Waals surface area contributed by atoms with Crippen LogP contribution in [0.1, 0.15) is 18.4 Å². The number of anilines is 1. The first kappa shape index (κ1) is 19.2. The van der Waals surface area contributed by atoms with Crippen LogP contribution in [-0.4, -0.2) is 30.4 Å². The van der Waals surface area contributed by atoms with E-state index >= 15 is 0 Å². The van der Waals surface area contributed by atoms with E-state index in [9.17, 15) is 26.8 Å². The van der Waals surface area contributed by atoms with Crippen LogP contribution >= 0.6 is 0 Å². The summed E-state index contributed by atoms with van der Waals surface area (Å²) in [5, 5.41) is 2.61. The van der Waals surface area contributed by atoms with Gasteiger partial charge in [0.15, 0.2) is 9.84 Å². The second kappa shape index (κ2) is 7.59. The molecule has 0 saturated carbocycles. The molecule has 6 nitrogen and oxygen atoms in total. The van der Waals surface area contributed by atoms with Crippen molar-refractivity contribution in [3.05, 3.63) is 64.1 Å². The smallest absolute Gasteiger partial charge is 0.250 e. The molecule has 3 rings (SSSR count). The van der Waals surface area contributed by atoms with Crippen LogP contribution in [0.2, 0.25) is 0 Å². The third-order valence-corrected chi connectivity index (χ3v) is 6.26. The van der Waals surface area contributed by atoms with Crippen LogP contribution in [0.5, 0.6) is 0 Å². The minimum Gasteiger partial charge on any atom is -0.325 e. The molecular weight excluding hydrogens is 378 g/mol. The fourth-order valence-corrected chi connectivity index (χ4v) is 4.74. The Bertz CT molecular complexity index is 1030. The molecule has 1 aliphatic heterocycles. The Morgan fingerprint density at radius 1 is 1.22 bits per heavy atom. The van der Waals surface area contributed by atoms with Gasteiger partial charge >= 0.3 is 0 Å². The maximum Gasteiger partial charge on any atom is 0.250 e. The van der Waals surface area contributed by atoms with E-state index in [-0.39, 0.29) is 23.6 Å². The molecule has 27 heavy (non-hydrogen) atoms. The van der Waals surface area contributed by atoms with Crippen molar-refractivity contribution in [3.63, 3.8) is 0 Å². The van der Waals surface area contributed by atoms with Gasteiger partial charge in [-0.25, -0.2) is 17.2 Å². The highest BCUT2D eigenvalue weighted by Gasteiger charge is 2.29. The van der Waals surface area contributed by atoms with E-state index in [4.69, 9.17) is 0 Å². The van der Waals surface area contributed by atoms with Gasteiger partial charge in [0.1, 0.15) is 11.6 Å². The van der Waals surface area contributed by atoms with Crippen molar-refractivity contribution in [2.45, 2.75) is 19.4 Å². The van der Waals surface area contributed by atoms with Gasteiger partial charge in [0, 0.05) is 23.9 Å². The first-order chi connectivity index (χ1) is 12.7. The molecule has 1 atom stereocenters. The van der Waals surface area contributed by atoms with Crippen molar-refractivity contribution < 1.29 is 22.0 Å². The van der Waals surface area contributed by atoms with Crippen molar-refractivity contribution >= 4 is 21.4 Å². The van der Waals surface area contributed by atoms with E-state index in [1.807, 2.05) is 0 Å². The summed E-state index contributed by atoms with van der Waals surface area (Å²) < 4.78 is 51.4. The second-order valence-electron chi connectivity index (χ2n) is 6.56. The molecule has 1 unspecified atom stereocenters. The third kappa shape index (κ3) is 4.79. The Hall–Kier alpha value is -2.55. The van der Waals surface area contributed by atoms with E-state index in [0.29, 0.717) is 18.5 Å². The summed E-state index contributed by atoms with van der Waals surface area (Å²) in [5.74, 6) is -2.67. The number of sulfone groups is 1. The first-order valence-corrected chi connectivity index (χ1v) is 10.2. The number of pyridine rings is 1. The topological polar surface area (TPSA) is 85.2 Å². The zero-order valence-electron chi connectivity index (χ0n) is 14.3. The van der Waals surface area contributed by atoms with E-state index in [2.05, 4.69) is 5.32 Å². The van der Waals surface area contributed by atoms with Crippen molar-refractivity contribution in [1.82, 2.24) is 4.57 Å². The fraction of sp³-hybridized carbons (Fsp3) is 0.333. The van der Waals surface area contributed by atoms with Crippen molar-refractivity contribution in [2.24, 2.45) is 5.92 Å². The highest BCUT2D eigenvalue weighted by molar-refractivity contribution is 7.91. The number of hydrogen-bond acceptors (Lipinski definition) is 4. The lowest BCUT2D eigenvalue weighted by atomic mass is 10.0. The average molecular weight is 396 g/mol. The number of nitrogens with one attached hydrogen (secondary N) is 1. The molecule has 1 saturated heterocycles. The maximum atomic E-state index is 13.8. The number of rotatable bonds is 4. The molecule has 9 heteroatoms. The normalized spacial score (nSPS) is 18.8. The van der Waals surface area contributed by atoms with Crippen LogP contribution in [0.4, 0.5) is 14.5 Å². The average Bonchev–Trinajstić information content (AvgIpc) is 2.59. The van der Waals surface area contributed by atoms with E-state index in [1.54, 1.807) is 0 Å². The fourth-order valence-electron chi connectivity index (χ4n) is 3.04. The number of amides is 1. The van der Waals surface area contributed by atoms with Crippen LogP contribution < -0.4 is 10.9 Å². The van der Waals surface area contributed by atoms with Gasteiger partial charge in [-0.05, 0) is 25.0 Å². The van der Waals surface area contributed by atoms with Gasteiger partial charge in [-0.2, -0.15) is 0 Å². The molecular formula is C18H18F2N2O4S. The number of carbonyl (C=O) groups is 1. The molecule has 1 aliphatic rings. The lowest BCUT2D eigenvalue weighted by Gasteiger charge is -2.21. The zero-order chi connectivity index (χ0) is 19.6. The van der Waals surface area contributed by atoms with Gasteiger partial charge in [-0.3, -0.25) is 9.59 Å². The number of halogens is 2. The van der Waals surface area contributed by atoms with Crippen molar-refractivity contribution in [1.29, 1.82) is 0 Å². The quantitative estimate of drug-likeness (QED) is 0.856. The highest BCUT2D eigenvalue weighted by Crippen LogP contribution is 2.20. The SMILES string of the molecule is O=C(Nc1ccc(=O)n(Cc2ccc(F)cc2F)c1)C1CCCS(=O)(=O)C1. The maximum absolute atomic E-state index is 13.8. The van der Waals surface area contributed by atoms with E-state index in [1.165, 1.54) is 29.0 Å². The lowest BCUT2D eigenvalue weighted by Crippen LogP contribution is -2.34. The summed E-state index contributed by atoms with van der Waals surface area (Å²) in [5.41, 5.74) is 0.00223. The van der Waals surface area contributed by atoms with Crippen LogP contribution in [0.15, 0.2) is 41.3 Å². The number of carbonyl (C=O) groups excluding carboxylic acids is 1. The Balaban J connectivity index is 1.77. The lowest BCUT2D eigenvalue weighted by molar-refractivity contribution is -0.119. The zero-order valence-corrected chi connectivity index (χ0v) is 15.1. The largest absolute Gasteiger partial charge is 0.325 e. The Labute approximate surface area is 154 Å². The molecule has 1 amide bonds. The van der Waals surface area contributed by atoms with Gasteiger partial charge in [0.2, 0.25) is 5.91 Å². The van der Waals surface area contributed by atoms with E-state index in [0.717, 1.165) is 12.1 Å². The Kier molecular flexibility index (Phi) is 5.41. The molecule has 1 aromatic heterocycles. The van der Waals surface area contributed by atoms with Crippen molar-refractivity contribution in [2.75, 3.05) is 16.8 Å². The molecule has 1 N–H and O–H groups in total. The molecule has 1 fully saturated rings. The van der Waals surface area contributed by atoms with Crippen LogP contribution in [-0.2, 0) is 21.2 Å². The summed E-state index contributed by atoms with van der Waals surface area (Å²) >= 11 is 0. The van der Waals surface area contributed by atoms with Gasteiger partial charge in [-0.1, -0.05) is 6.07 Å². The van der Waals surface area contributed by atoms with Gasteiger partial charge in [0.25, 0.3) is 5.56 Å². The van der Waals surface area contributed by atoms with Crippen LogP contribution in [0.25, 0.3) is 0 Å². The van der Waals surface area contributed by atoms with Crippen LogP contribution in [0.3, 0.4) is 0 Å². The highest BCUT2D eigenvalue weighted by atomic mass is 32.2. The Morgan fingerprint density at radius 3 is 2.70 bits per heavy atom. The summed E-state index contributed by atoms with van der Waals surface area (Å²) in [6.07, 6.45) is 2.26. The molecule has 0 spiro atoms. The summed E-state index contributed by atoms with van der Waals surface area (Å²) in [7, 11) is -3.22. The molecule has 2 heterocycles. The second-order valence-corrected chi connectivity index (χ2v) is 8.79. The molecule has 0 bridgehead atoms. The number of benzene rings is 1. The first-order valence-electron chi connectivity index (χ1n) is 8.39. The van der Waals surface area contributed by atoms with Gasteiger partial charge in [0.05, 0.1) is 29.7 Å². The Morgan fingerprint density at radius 2 is 2.00 bits per heavy atom. The molecule has 1 aromatic carbocycles. The molecule has 144 valence electrons. The van der Waals surface area contributed by atoms with E-state index < -0.39 is 38.9 Å². The predicted octanol–water partition coefficient (Wildman–Crippen LogP) is 1.94. The molecule has 2 aromatic rings. The monoisotopic (exact) mass is 396 g/mol. The third-order valence-electron chi connectivity index (χ3n) is 4.44. The number of hydrogen-bond donors (Lipinski definition) is 1.